The lowest BCUT2D eigenvalue weighted by Crippen LogP contribution is -2.29. The van der Waals surface area contributed by atoms with Gasteiger partial charge in [-0.1, -0.05) is 28.1 Å². The lowest BCUT2D eigenvalue weighted by molar-refractivity contribution is 0.556. The summed E-state index contributed by atoms with van der Waals surface area (Å²) in [6.45, 7) is 0. The minimum Gasteiger partial charge on any atom is -0.384 e. The molecule has 0 bridgehead atoms. The fourth-order valence-electron chi connectivity index (χ4n) is 2.09. The molecule has 100 valence electrons. The van der Waals surface area contributed by atoms with Gasteiger partial charge in [-0.2, -0.15) is 0 Å². The molecule has 0 spiro atoms. The Morgan fingerprint density at radius 1 is 1.16 bits per heavy atom. The van der Waals surface area contributed by atoms with Crippen LogP contribution in [0.1, 0.15) is 11.1 Å². The summed E-state index contributed by atoms with van der Waals surface area (Å²) in [5.41, 5.74) is 8.24. The number of hydrogen-bond donors (Lipinski definition) is 2. The largest absolute Gasteiger partial charge is 0.384 e. The first kappa shape index (κ1) is 14.0. The van der Waals surface area contributed by atoms with Crippen LogP contribution in [0.4, 0.5) is 5.82 Å². The van der Waals surface area contributed by atoms with Gasteiger partial charge in [-0.15, -0.1) is 0 Å². The number of hydrogen-bond acceptors (Lipinski definition) is 3. The smallest absolute Gasteiger partial charge is 0.123 e. The van der Waals surface area contributed by atoms with Crippen LogP contribution in [0.3, 0.4) is 0 Å². The normalized spacial score (nSPS) is 12.3. The van der Waals surface area contributed by atoms with Crippen LogP contribution in [0.25, 0.3) is 0 Å². The lowest BCUT2D eigenvalue weighted by Gasteiger charge is -2.16. The molecule has 0 amide bonds. The maximum atomic E-state index is 5.71. The van der Waals surface area contributed by atoms with Gasteiger partial charge in [0.25, 0.3) is 0 Å². The molecule has 0 radical (unpaired) electrons. The highest BCUT2D eigenvalue weighted by Crippen LogP contribution is 2.14. The molecule has 0 aliphatic carbocycles. The molecular weight excluding hydrogens is 302 g/mol. The number of halogens is 1. The molecule has 1 heterocycles. The zero-order chi connectivity index (χ0) is 13.7. The van der Waals surface area contributed by atoms with E-state index in [1.54, 1.807) is 6.20 Å². The second kappa shape index (κ2) is 6.68. The Labute approximate surface area is 122 Å². The molecule has 4 heteroatoms. The number of aromatic nitrogens is 1. The van der Waals surface area contributed by atoms with Crippen LogP contribution >= 0.6 is 15.9 Å². The summed E-state index contributed by atoms with van der Waals surface area (Å²) in [7, 11) is 1.99. The van der Waals surface area contributed by atoms with Crippen LogP contribution in [0.2, 0.25) is 0 Å². The Hall–Kier alpha value is -1.39. The molecule has 2 rings (SSSR count). The number of nitrogens with two attached hydrogens (primary N) is 1. The van der Waals surface area contributed by atoms with Crippen molar-refractivity contribution in [1.29, 1.82) is 0 Å². The molecule has 1 aromatic heterocycles. The lowest BCUT2D eigenvalue weighted by atomic mass is 10.00. The Bertz CT molecular complexity index is 525. The van der Waals surface area contributed by atoms with Gasteiger partial charge >= 0.3 is 0 Å². The van der Waals surface area contributed by atoms with Crippen LogP contribution in [0.5, 0.6) is 0 Å². The third-order valence-corrected chi connectivity index (χ3v) is 3.66. The van der Waals surface area contributed by atoms with E-state index in [2.05, 4.69) is 50.5 Å². The molecule has 0 saturated carbocycles. The van der Waals surface area contributed by atoms with Crippen molar-refractivity contribution in [2.75, 3.05) is 12.8 Å². The zero-order valence-electron chi connectivity index (χ0n) is 10.9. The summed E-state index contributed by atoms with van der Waals surface area (Å²) in [6.07, 6.45) is 3.70. The first-order chi connectivity index (χ1) is 9.17. The third kappa shape index (κ3) is 4.33. The van der Waals surface area contributed by atoms with E-state index in [0.29, 0.717) is 11.9 Å². The van der Waals surface area contributed by atoms with Gasteiger partial charge in [0.1, 0.15) is 5.82 Å². The number of anilines is 1. The third-order valence-electron chi connectivity index (χ3n) is 3.13. The van der Waals surface area contributed by atoms with E-state index in [-0.39, 0.29) is 0 Å². The highest BCUT2D eigenvalue weighted by molar-refractivity contribution is 9.10. The molecule has 19 heavy (non-hydrogen) atoms. The molecular formula is C15H18BrN3. The first-order valence-corrected chi connectivity index (χ1v) is 7.09. The second-order valence-electron chi connectivity index (χ2n) is 4.61. The first-order valence-electron chi connectivity index (χ1n) is 6.29. The van der Waals surface area contributed by atoms with Gasteiger partial charge in [-0.3, -0.25) is 0 Å². The minimum absolute atomic E-state index is 0.392. The van der Waals surface area contributed by atoms with Crippen LogP contribution < -0.4 is 11.1 Å². The fourth-order valence-corrected chi connectivity index (χ4v) is 2.35. The number of likely N-dealkylation sites (N-methyl/N-ethyl adjacent to an activating group) is 1. The SMILES string of the molecule is CNC(Cc1ccc(Br)cc1)Cc1ccnc(N)c1. The molecule has 3 nitrogen and oxygen atoms in total. The molecule has 0 aliphatic heterocycles. The fraction of sp³-hybridized carbons (Fsp3) is 0.267. The zero-order valence-corrected chi connectivity index (χ0v) is 12.5. The van der Waals surface area contributed by atoms with Crippen LogP contribution in [0.15, 0.2) is 47.1 Å². The van der Waals surface area contributed by atoms with E-state index in [0.717, 1.165) is 17.3 Å². The molecule has 1 aromatic carbocycles. The Balaban J connectivity index is 2.02. The maximum absolute atomic E-state index is 5.71. The van der Waals surface area contributed by atoms with E-state index in [9.17, 15) is 0 Å². The number of rotatable bonds is 5. The van der Waals surface area contributed by atoms with E-state index in [1.165, 1.54) is 11.1 Å². The van der Waals surface area contributed by atoms with E-state index < -0.39 is 0 Å². The van der Waals surface area contributed by atoms with Crippen molar-refractivity contribution in [2.24, 2.45) is 0 Å². The van der Waals surface area contributed by atoms with Crippen molar-refractivity contribution in [3.05, 3.63) is 58.2 Å². The van der Waals surface area contributed by atoms with E-state index >= 15 is 0 Å². The highest BCUT2D eigenvalue weighted by atomic mass is 79.9. The Morgan fingerprint density at radius 3 is 2.47 bits per heavy atom. The minimum atomic E-state index is 0.392. The molecule has 0 fully saturated rings. The molecule has 2 aromatic rings. The van der Waals surface area contributed by atoms with Gasteiger partial charge < -0.3 is 11.1 Å². The Kier molecular flexibility index (Phi) is 4.93. The van der Waals surface area contributed by atoms with Crippen molar-refractivity contribution >= 4 is 21.7 Å². The van der Waals surface area contributed by atoms with Gasteiger partial charge in [0.15, 0.2) is 0 Å². The average Bonchev–Trinajstić information content (AvgIpc) is 2.40. The maximum Gasteiger partial charge on any atom is 0.123 e. The topological polar surface area (TPSA) is 50.9 Å². The summed E-state index contributed by atoms with van der Waals surface area (Å²) < 4.78 is 1.11. The van der Waals surface area contributed by atoms with Gasteiger partial charge in [-0.25, -0.2) is 4.98 Å². The second-order valence-corrected chi connectivity index (χ2v) is 5.52. The van der Waals surface area contributed by atoms with Gasteiger partial charge in [0.2, 0.25) is 0 Å². The monoisotopic (exact) mass is 319 g/mol. The van der Waals surface area contributed by atoms with Crippen LogP contribution in [-0.4, -0.2) is 18.1 Å². The molecule has 0 saturated heterocycles. The van der Waals surface area contributed by atoms with Crippen molar-refractivity contribution < 1.29 is 0 Å². The average molecular weight is 320 g/mol. The Morgan fingerprint density at radius 2 is 1.84 bits per heavy atom. The summed E-state index contributed by atoms with van der Waals surface area (Å²) in [6, 6.07) is 12.8. The summed E-state index contributed by atoms with van der Waals surface area (Å²) in [5, 5.41) is 3.36. The quantitative estimate of drug-likeness (QED) is 0.891. The van der Waals surface area contributed by atoms with Crippen molar-refractivity contribution in [1.82, 2.24) is 10.3 Å². The molecule has 3 N–H and O–H groups in total. The summed E-state index contributed by atoms with van der Waals surface area (Å²) >= 11 is 3.45. The van der Waals surface area contributed by atoms with Crippen LogP contribution in [-0.2, 0) is 12.8 Å². The van der Waals surface area contributed by atoms with E-state index in [1.807, 2.05) is 19.2 Å². The van der Waals surface area contributed by atoms with Gasteiger partial charge in [0, 0.05) is 16.7 Å². The van der Waals surface area contributed by atoms with Gasteiger partial charge in [-0.05, 0) is 55.3 Å². The predicted octanol–water partition coefficient (Wildman–Crippen LogP) is 2.80. The number of nitrogens with one attached hydrogen (secondary N) is 1. The molecule has 1 atom stereocenters. The van der Waals surface area contributed by atoms with Crippen molar-refractivity contribution in [3.8, 4) is 0 Å². The number of pyridine rings is 1. The summed E-state index contributed by atoms with van der Waals surface area (Å²) in [5.74, 6) is 0.580. The molecule has 1 unspecified atom stereocenters. The highest BCUT2D eigenvalue weighted by Gasteiger charge is 2.09. The van der Waals surface area contributed by atoms with Gasteiger partial charge in [0.05, 0.1) is 0 Å². The number of nitrogen functional groups attached to an aromatic ring is 1. The number of benzene rings is 1. The predicted molar refractivity (Wildman–Crippen MR) is 83.0 cm³/mol. The van der Waals surface area contributed by atoms with Crippen LogP contribution in [0, 0.1) is 0 Å². The molecule has 0 aliphatic rings. The number of nitrogens with zero attached hydrogens (tertiary/aromatic N) is 1. The van der Waals surface area contributed by atoms with Crippen molar-refractivity contribution in [3.63, 3.8) is 0 Å². The van der Waals surface area contributed by atoms with Crippen molar-refractivity contribution in [2.45, 2.75) is 18.9 Å². The van der Waals surface area contributed by atoms with E-state index in [4.69, 9.17) is 5.73 Å². The summed E-state index contributed by atoms with van der Waals surface area (Å²) in [4.78, 5) is 4.02. The standard InChI is InChI=1S/C15H18BrN3/c1-18-14(8-11-2-4-13(16)5-3-11)9-12-6-7-19-15(17)10-12/h2-7,10,14,18H,8-9H2,1H3,(H2,17,19).